The maximum atomic E-state index is 13.2. The molecule has 5 heteroatoms. The molecule has 2 N–H and O–H groups in total. The van der Waals surface area contributed by atoms with E-state index in [0.29, 0.717) is 22.8 Å². The fraction of sp³-hybridized carbons (Fsp3) is 0.136. The summed E-state index contributed by atoms with van der Waals surface area (Å²) in [6.07, 6.45) is 0.751. The highest BCUT2D eigenvalue weighted by molar-refractivity contribution is 6.34. The third-order valence-electron chi connectivity index (χ3n) is 4.11. The zero-order chi connectivity index (χ0) is 19.1. The molecular formula is C22H20ClFN2O. The molecule has 3 aromatic carbocycles. The molecule has 0 saturated carbocycles. The van der Waals surface area contributed by atoms with Crippen LogP contribution >= 0.6 is 11.6 Å². The predicted molar refractivity (Wildman–Crippen MR) is 108 cm³/mol. The zero-order valence-electron chi connectivity index (χ0n) is 14.7. The third kappa shape index (κ3) is 5.64. The monoisotopic (exact) mass is 382 g/mol. The maximum Gasteiger partial charge on any atom is 0.257 e. The van der Waals surface area contributed by atoms with Crippen LogP contribution in [-0.2, 0) is 13.0 Å². The van der Waals surface area contributed by atoms with Crippen LogP contribution in [0.4, 0.5) is 10.1 Å². The Labute approximate surface area is 163 Å². The number of carbonyl (C=O) groups is 1. The molecule has 3 aromatic rings. The first-order valence-corrected chi connectivity index (χ1v) is 9.09. The molecule has 0 aliphatic rings. The molecule has 0 unspecified atom stereocenters. The number of carbonyl (C=O) groups excluding carboxylic acids is 1. The van der Waals surface area contributed by atoms with E-state index in [2.05, 4.69) is 10.6 Å². The van der Waals surface area contributed by atoms with E-state index in [9.17, 15) is 9.18 Å². The van der Waals surface area contributed by atoms with Gasteiger partial charge < -0.3 is 10.6 Å². The summed E-state index contributed by atoms with van der Waals surface area (Å²) < 4.78 is 13.2. The Hall–Kier alpha value is -2.69. The highest BCUT2D eigenvalue weighted by Gasteiger charge is 2.09. The molecule has 0 radical (unpaired) electrons. The fourth-order valence-electron chi connectivity index (χ4n) is 2.76. The van der Waals surface area contributed by atoms with Gasteiger partial charge in [-0.2, -0.15) is 0 Å². The van der Waals surface area contributed by atoms with E-state index in [4.69, 9.17) is 11.6 Å². The molecule has 0 saturated heterocycles. The van der Waals surface area contributed by atoms with Crippen molar-refractivity contribution in [1.82, 2.24) is 5.32 Å². The number of nitrogens with one attached hydrogen (secondary N) is 2. The van der Waals surface area contributed by atoms with Crippen LogP contribution in [0, 0.1) is 5.82 Å². The smallest absolute Gasteiger partial charge is 0.257 e. The summed E-state index contributed by atoms with van der Waals surface area (Å²) in [5.74, 6) is -0.453. The molecular weight excluding hydrogens is 363 g/mol. The van der Waals surface area contributed by atoms with Crippen molar-refractivity contribution in [2.24, 2.45) is 0 Å². The average Bonchev–Trinajstić information content (AvgIpc) is 2.66. The van der Waals surface area contributed by atoms with Gasteiger partial charge in [-0.05, 0) is 60.5 Å². The van der Waals surface area contributed by atoms with E-state index >= 15 is 0 Å². The largest absolute Gasteiger partial charge is 0.322 e. The average molecular weight is 383 g/mol. The van der Waals surface area contributed by atoms with Crippen LogP contribution < -0.4 is 10.6 Å². The number of hydrogen-bond donors (Lipinski definition) is 2. The van der Waals surface area contributed by atoms with Gasteiger partial charge in [-0.3, -0.25) is 4.79 Å². The lowest BCUT2D eigenvalue weighted by Crippen LogP contribution is -2.17. The Morgan fingerprint density at radius 3 is 2.52 bits per heavy atom. The molecule has 27 heavy (non-hydrogen) atoms. The first-order valence-electron chi connectivity index (χ1n) is 8.72. The summed E-state index contributed by atoms with van der Waals surface area (Å²) in [6.45, 7) is 1.39. The first kappa shape index (κ1) is 19.1. The van der Waals surface area contributed by atoms with Gasteiger partial charge in [-0.1, -0.05) is 48.0 Å². The standard InChI is InChI=1S/C22H20ClFN2O/c23-21-10-2-1-9-20(21)22(27)26-19-8-4-6-17(14-19)15-25-12-11-16-5-3-7-18(24)13-16/h1-10,13-14,25H,11-12,15H2,(H,26,27). The molecule has 3 rings (SSSR count). The minimum atomic E-state index is -0.239. The van der Waals surface area contributed by atoms with Gasteiger partial charge in [0.2, 0.25) is 0 Å². The number of benzene rings is 3. The Morgan fingerprint density at radius 1 is 0.926 bits per heavy atom. The highest BCUT2D eigenvalue weighted by atomic mass is 35.5. The van der Waals surface area contributed by atoms with Crippen molar-refractivity contribution in [3.63, 3.8) is 0 Å². The minimum absolute atomic E-state index is 0.213. The SMILES string of the molecule is O=C(Nc1cccc(CNCCc2cccc(F)c2)c1)c1ccccc1Cl. The molecule has 0 aromatic heterocycles. The van der Waals surface area contributed by atoms with Crippen LogP contribution in [-0.4, -0.2) is 12.5 Å². The molecule has 3 nitrogen and oxygen atoms in total. The molecule has 0 fully saturated rings. The van der Waals surface area contributed by atoms with Crippen LogP contribution in [0.15, 0.2) is 72.8 Å². The van der Waals surface area contributed by atoms with Crippen molar-refractivity contribution >= 4 is 23.2 Å². The zero-order valence-corrected chi connectivity index (χ0v) is 15.5. The second-order valence-electron chi connectivity index (χ2n) is 6.19. The van der Waals surface area contributed by atoms with E-state index in [1.54, 1.807) is 36.4 Å². The van der Waals surface area contributed by atoms with Gasteiger partial charge in [-0.25, -0.2) is 4.39 Å². The van der Waals surface area contributed by atoms with Crippen molar-refractivity contribution < 1.29 is 9.18 Å². The second kappa shape index (κ2) is 9.31. The summed E-state index contributed by atoms with van der Waals surface area (Å²) in [5, 5.41) is 6.63. The van der Waals surface area contributed by atoms with Gasteiger partial charge >= 0.3 is 0 Å². The molecule has 0 spiro atoms. The van der Waals surface area contributed by atoms with Gasteiger partial charge in [-0.15, -0.1) is 0 Å². The summed E-state index contributed by atoms with van der Waals surface area (Å²) in [7, 11) is 0. The first-order chi connectivity index (χ1) is 13.1. The molecule has 0 atom stereocenters. The third-order valence-corrected chi connectivity index (χ3v) is 4.44. The van der Waals surface area contributed by atoms with Gasteiger partial charge in [0.25, 0.3) is 5.91 Å². The summed E-state index contributed by atoms with van der Waals surface area (Å²) >= 11 is 6.07. The van der Waals surface area contributed by atoms with E-state index in [1.165, 1.54) is 6.07 Å². The Bertz CT molecular complexity index is 929. The van der Waals surface area contributed by atoms with Crippen LogP contribution in [0.1, 0.15) is 21.5 Å². The van der Waals surface area contributed by atoms with Crippen LogP contribution in [0.2, 0.25) is 5.02 Å². The number of amides is 1. The number of hydrogen-bond acceptors (Lipinski definition) is 2. The normalized spacial score (nSPS) is 10.6. The predicted octanol–water partition coefficient (Wildman–Crippen LogP) is 5.06. The molecule has 0 aliphatic carbocycles. The highest BCUT2D eigenvalue weighted by Crippen LogP contribution is 2.18. The number of rotatable bonds is 7. The van der Waals surface area contributed by atoms with E-state index in [1.807, 2.05) is 30.3 Å². The van der Waals surface area contributed by atoms with Crippen molar-refractivity contribution in [2.75, 3.05) is 11.9 Å². The molecule has 1 amide bonds. The van der Waals surface area contributed by atoms with Crippen molar-refractivity contribution in [3.05, 3.63) is 100 Å². The van der Waals surface area contributed by atoms with E-state index in [-0.39, 0.29) is 11.7 Å². The molecule has 0 heterocycles. The second-order valence-corrected chi connectivity index (χ2v) is 6.60. The molecule has 138 valence electrons. The lowest BCUT2D eigenvalue weighted by molar-refractivity contribution is 0.102. The van der Waals surface area contributed by atoms with Gasteiger partial charge in [0.1, 0.15) is 5.82 Å². The molecule has 0 bridgehead atoms. The van der Waals surface area contributed by atoms with Gasteiger partial charge in [0, 0.05) is 12.2 Å². The van der Waals surface area contributed by atoms with Crippen LogP contribution in [0.3, 0.4) is 0 Å². The van der Waals surface area contributed by atoms with Crippen molar-refractivity contribution in [3.8, 4) is 0 Å². The summed E-state index contributed by atoms with van der Waals surface area (Å²) in [5.41, 5.74) is 3.16. The van der Waals surface area contributed by atoms with E-state index < -0.39 is 0 Å². The van der Waals surface area contributed by atoms with Crippen LogP contribution in [0.25, 0.3) is 0 Å². The van der Waals surface area contributed by atoms with Crippen molar-refractivity contribution in [2.45, 2.75) is 13.0 Å². The van der Waals surface area contributed by atoms with Gasteiger partial charge in [0.05, 0.1) is 10.6 Å². The lowest BCUT2D eigenvalue weighted by Gasteiger charge is -2.09. The van der Waals surface area contributed by atoms with E-state index in [0.717, 1.165) is 24.1 Å². The Balaban J connectivity index is 1.53. The quantitative estimate of drug-likeness (QED) is 0.560. The van der Waals surface area contributed by atoms with Gasteiger partial charge in [0.15, 0.2) is 0 Å². The fourth-order valence-corrected chi connectivity index (χ4v) is 2.98. The van der Waals surface area contributed by atoms with Crippen LogP contribution in [0.5, 0.6) is 0 Å². The molecule has 0 aliphatic heterocycles. The Morgan fingerprint density at radius 2 is 1.70 bits per heavy atom. The van der Waals surface area contributed by atoms with Crippen molar-refractivity contribution in [1.29, 1.82) is 0 Å². The summed E-state index contributed by atoms with van der Waals surface area (Å²) in [6, 6.07) is 21.2. The lowest BCUT2D eigenvalue weighted by atomic mass is 10.1. The summed E-state index contributed by atoms with van der Waals surface area (Å²) in [4.78, 5) is 12.3. The topological polar surface area (TPSA) is 41.1 Å². The maximum absolute atomic E-state index is 13.2. The Kier molecular flexibility index (Phi) is 6.58. The number of anilines is 1. The minimum Gasteiger partial charge on any atom is -0.322 e. The number of halogens is 2.